The van der Waals surface area contributed by atoms with Crippen LogP contribution < -0.4 is 5.56 Å². The Hall–Kier alpha value is -2.02. The lowest BCUT2D eigenvalue weighted by Crippen LogP contribution is -2.20. The van der Waals surface area contributed by atoms with Crippen LogP contribution in [0, 0.1) is 0 Å². The van der Waals surface area contributed by atoms with Gasteiger partial charge in [-0.25, -0.2) is 0 Å². The number of hydrogen-bond acceptors (Lipinski definition) is 4. The quantitative estimate of drug-likeness (QED) is 0.775. The van der Waals surface area contributed by atoms with E-state index in [0.29, 0.717) is 17.8 Å². The van der Waals surface area contributed by atoms with Crippen LogP contribution in [-0.4, -0.2) is 25.2 Å². The van der Waals surface area contributed by atoms with Gasteiger partial charge in [-0.2, -0.15) is 5.21 Å². The first-order valence-corrected chi connectivity index (χ1v) is 6.04. The molecule has 7 heteroatoms. The first kappa shape index (κ1) is 11.1. The van der Waals surface area contributed by atoms with E-state index in [2.05, 4.69) is 36.6 Å². The molecule has 6 nitrogen and oxygen atoms in total. The Balaban J connectivity index is 2.12. The van der Waals surface area contributed by atoms with Crippen molar-refractivity contribution in [1.82, 2.24) is 25.2 Å². The van der Waals surface area contributed by atoms with Crippen molar-refractivity contribution in [3.63, 3.8) is 0 Å². The minimum absolute atomic E-state index is 0.0650. The van der Waals surface area contributed by atoms with Gasteiger partial charge in [0.15, 0.2) is 5.82 Å². The van der Waals surface area contributed by atoms with Crippen LogP contribution in [0.2, 0.25) is 0 Å². The highest BCUT2D eigenvalue weighted by Crippen LogP contribution is 2.16. The fraction of sp³-hybridized carbons (Fsp3) is 0.0909. The molecule has 90 valence electrons. The molecule has 0 aliphatic heterocycles. The van der Waals surface area contributed by atoms with Crippen molar-refractivity contribution in [2.45, 2.75) is 6.54 Å². The fourth-order valence-electron chi connectivity index (χ4n) is 1.79. The van der Waals surface area contributed by atoms with Crippen LogP contribution in [0.3, 0.4) is 0 Å². The van der Waals surface area contributed by atoms with Gasteiger partial charge in [-0.1, -0.05) is 21.1 Å². The molecule has 0 saturated carbocycles. The molecule has 1 N–H and O–H groups in total. The maximum atomic E-state index is 12.2. The zero-order valence-electron chi connectivity index (χ0n) is 9.17. The summed E-state index contributed by atoms with van der Waals surface area (Å²) in [5, 5.41) is 15.1. The predicted molar refractivity (Wildman–Crippen MR) is 69.2 cm³/mol. The Morgan fingerprint density at radius 3 is 3.00 bits per heavy atom. The summed E-state index contributed by atoms with van der Waals surface area (Å²) in [5.74, 6) is 0.480. The van der Waals surface area contributed by atoms with Gasteiger partial charge in [-0.3, -0.25) is 4.79 Å². The largest absolute Gasteiger partial charge is 0.307 e. The normalized spacial score (nSPS) is 10.9. The van der Waals surface area contributed by atoms with Gasteiger partial charge in [-0.05, 0) is 29.7 Å². The zero-order valence-corrected chi connectivity index (χ0v) is 10.8. The average molecular weight is 306 g/mol. The molecule has 0 aliphatic rings. The number of nitrogens with zero attached hydrogens (tertiary/aromatic N) is 4. The maximum absolute atomic E-state index is 12.2. The van der Waals surface area contributed by atoms with Gasteiger partial charge in [0.1, 0.15) is 0 Å². The van der Waals surface area contributed by atoms with Crippen molar-refractivity contribution in [2.75, 3.05) is 0 Å². The van der Waals surface area contributed by atoms with E-state index >= 15 is 0 Å². The maximum Gasteiger partial charge on any atom is 0.258 e. The standard InChI is InChI=1S/C11H8BrN5O/c12-8-1-2-9-7(5-8)3-4-17(11(9)18)6-10-13-15-16-14-10/h1-5H,6H2,(H,13,14,15,16). The number of tetrazole rings is 1. The van der Waals surface area contributed by atoms with Crippen LogP contribution in [-0.2, 0) is 6.54 Å². The van der Waals surface area contributed by atoms with Gasteiger partial charge in [0.05, 0.1) is 6.54 Å². The number of pyridine rings is 1. The molecular weight excluding hydrogens is 298 g/mol. The Morgan fingerprint density at radius 1 is 1.33 bits per heavy atom. The number of benzene rings is 1. The molecule has 0 aliphatic carbocycles. The highest BCUT2D eigenvalue weighted by Gasteiger charge is 2.05. The lowest BCUT2D eigenvalue weighted by molar-refractivity contribution is 0.723. The van der Waals surface area contributed by atoms with E-state index in [-0.39, 0.29) is 5.56 Å². The number of rotatable bonds is 2. The highest BCUT2D eigenvalue weighted by molar-refractivity contribution is 9.10. The molecule has 3 rings (SSSR count). The Morgan fingerprint density at radius 2 is 2.22 bits per heavy atom. The summed E-state index contributed by atoms with van der Waals surface area (Å²) in [5.41, 5.74) is -0.0650. The van der Waals surface area contributed by atoms with Gasteiger partial charge in [0.2, 0.25) is 0 Å². The first-order chi connectivity index (χ1) is 8.74. The number of fused-ring (bicyclic) bond motifs is 1. The first-order valence-electron chi connectivity index (χ1n) is 5.25. The molecule has 0 fully saturated rings. The summed E-state index contributed by atoms with van der Waals surface area (Å²) in [6.45, 7) is 0.307. The highest BCUT2D eigenvalue weighted by atomic mass is 79.9. The molecule has 18 heavy (non-hydrogen) atoms. The van der Waals surface area contributed by atoms with Crippen LogP contribution in [0.1, 0.15) is 5.82 Å². The molecule has 3 aromatic rings. The summed E-state index contributed by atoms with van der Waals surface area (Å²) in [4.78, 5) is 12.2. The topological polar surface area (TPSA) is 76.5 Å². The van der Waals surface area contributed by atoms with Gasteiger partial charge in [0, 0.05) is 16.1 Å². The van der Waals surface area contributed by atoms with Crippen LogP contribution in [0.15, 0.2) is 39.7 Å². The van der Waals surface area contributed by atoms with E-state index in [9.17, 15) is 4.79 Å². The summed E-state index contributed by atoms with van der Waals surface area (Å²) >= 11 is 3.38. The van der Waals surface area contributed by atoms with Crippen molar-refractivity contribution < 1.29 is 0 Å². The molecule has 2 aromatic heterocycles. The van der Waals surface area contributed by atoms with Crippen molar-refractivity contribution >= 4 is 26.7 Å². The van der Waals surface area contributed by atoms with E-state index in [0.717, 1.165) is 9.86 Å². The number of hydrogen-bond donors (Lipinski definition) is 1. The van der Waals surface area contributed by atoms with Gasteiger partial charge < -0.3 is 4.57 Å². The Labute approximate surface area is 110 Å². The van der Waals surface area contributed by atoms with E-state index in [1.807, 2.05) is 18.2 Å². The molecule has 0 unspecified atom stereocenters. The second-order valence-corrected chi connectivity index (χ2v) is 4.72. The smallest absolute Gasteiger partial charge is 0.258 e. The Bertz CT molecular complexity index is 750. The number of halogens is 1. The molecule has 1 aromatic carbocycles. The van der Waals surface area contributed by atoms with Crippen molar-refractivity contribution in [2.24, 2.45) is 0 Å². The summed E-state index contributed by atoms with van der Waals surface area (Å²) < 4.78 is 2.51. The number of H-pyrrole nitrogens is 1. The SMILES string of the molecule is O=c1c2ccc(Br)cc2ccn1Cc1nn[nH]n1. The summed E-state index contributed by atoms with van der Waals surface area (Å²) in [6.07, 6.45) is 1.73. The molecule has 0 amide bonds. The van der Waals surface area contributed by atoms with Gasteiger partial charge in [-0.15, -0.1) is 10.2 Å². The molecule has 0 saturated heterocycles. The minimum Gasteiger partial charge on any atom is -0.307 e. The van der Waals surface area contributed by atoms with Crippen LogP contribution in [0.5, 0.6) is 0 Å². The van der Waals surface area contributed by atoms with Crippen molar-refractivity contribution in [3.8, 4) is 0 Å². The van der Waals surface area contributed by atoms with Crippen LogP contribution in [0.4, 0.5) is 0 Å². The molecule has 0 bridgehead atoms. The minimum atomic E-state index is -0.0650. The van der Waals surface area contributed by atoms with Crippen molar-refractivity contribution in [1.29, 1.82) is 0 Å². The second-order valence-electron chi connectivity index (χ2n) is 3.81. The summed E-state index contributed by atoms with van der Waals surface area (Å²) in [6, 6.07) is 7.45. The van der Waals surface area contributed by atoms with E-state index in [4.69, 9.17) is 0 Å². The molecule has 2 heterocycles. The number of aromatic amines is 1. The third kappa shape index (κ3) is 1.92. The number of nitrogens with one attached hydrogen (secondary N) is 1. The van der Waals surface area contributed by atoms with Gasteiger partial charge in [0.25, 0.3) is 5.56 Å². The predicted octanol–water partition coefficient (Wildman–Crippen LogP) is 1.33. The third-order valence-electron chi connectivity index (χ3n) is 2.64. The zero-order chi connectivity index (χ0) is 12.5. The lowest BCUT2D eigenvalue weighted by atomic mass is 10.2. The Kier molecular flexibility index (Phi) is 2.67. The second kappa shape index (κ2) is 4.34. The fourth-order valence-corrected chi connectivity index (χ4v) is 2.16. The van der Waals surface area contributed by atoms with E-state index in [1.165, 1.54) is 0 Å². The molecule has 0 radical (unpaired) electrons. The lowest BCUT2D eigenvalue weighted by Gasteiger charge is -2.04. The molecular formula is C11H8BrN5O. The third-order valence-corrected chi connectivity index (χ3v) is 3.13. The monoisotopic (exact) mass is 305 g/mol. The molecule has 0 atom stereocenters. The van der Waals surface area contributed by atoms with E-state index in [1.54, 1.807) is 16.8 Å². The van der Waals surface area contributed by atoms with Crippen LogP contribution in [0.25, 0.3) is 10.8 Å². The summed E-state index contributed by atoms with van der Waals surface area (Å²) in [7, 11) is 0. The van der Waals surface area contributed by atoms with Crippen LogP contribution >= 0.6 is 15.9 Å². The van der Waals surface area contributed by atoms with E-state index < -0.39 is 0 Å². The van der Waals surface area contributed by atoms with Crippen molar-refractivity contribution in [3.05, 3.63) is 51.1 Å². The van der Waals surface area contributed by atoms with Gasteiger partial charge >= 0.3 is 0 Å². The number of aromatic nitrogens is 5. The average Bonchev–Trinajstić information content (AvgIpc) is 2.85. The molecule has 0 spiro atoms.